The predicted molar refractivity (Wildman–Crippen MR) is 107 cm³/mol. The molecule has 0 amide bonds. The molecule has 1 saturated heterocycles. The number of likely N-dealkylation sites (tertiary alicyclic amines) is 1. The van der Waals surface area contributed by atoms with E-state index in [4.69, 9.17) is 9.39 Å². The van der Waals surface area contributed by atoms with Crippen molar-refractivity contribution in [1.82, 2.24) is 9.88 Å². The number of hydrogen-bond acceptors (Lipinski definition) is 6. The van der Waals surface area contributed by atoms with Crippen LogP contribution in [0, 0.1) is 0 Å². The zero-order valence-electron chi connectivity index (χ0n) is 15.6. The van der Waals surface area contributed by atoms with Crippen LogP contribution in [0.15, 0.2) is 53.6 Å². The van der Waals surface area contributed by atoms with Crippen molar-refractivity contribution in [2.45, 2.75) is 23.7 Å². The van der Waals surface area contributed by atoms with Gasteiger partial charge in [0, 0.05) is 17.1 Å². The van der Waals surface area contributed by atoms with Gasteiger partial charge in [-0.05, 0) is 86.9 Å². The lowest BCUT2D eigenvalue weighted by molar-refractivity contribution is 0.256. The molecule has 1 fully saturated rings. The Labute approximate surface area is 164 Å². The van der Waals surface area contributed by atoms with Gasteiger partial charge in [0.2, 0.25) is 0 Å². The van der Waals surface area contributed by atoms with E-state index in [-0.39, 0.29) is 10.6 Å². The van der Waals surface area contributed by atoms with Crippen molar-refractivity contribution >= 4 is 26.7 Å². The number of piperidine rings is 1. The van der Waals surface area contributed by atoms with Crippen molar-refractivity contribution in [3.8, 4) is 5.75 Å². The Morgan fingerprint density at radius 1 is 1.14 bits per heavy atom. The zero-order valence-corrected chi connectivity index (χ0v) is 16.4. The van der Waals surface area contributed by atoms with Gasteiger partial charge in [0.1, 0.15) is 10.6 Å². The number of rotatable bonds is 5. The molecular formula is C20H23N3O4S. The third-order valence-electron chi connectivity index (χ3n) is 5.32. The first-order valence-corrected chi connectivity index (χ1v) is 10.6. The van der Waals surface area contributed by atoms with Gasteiger partial charge in [-0.15, -0.1) is 0 Å². The number of benzene rings is 2. The SMILES string of the molecule is CN1CCC(c2c[nH]c3ccc(OS(=O)(=O)c4ccc(NO)cc4)cc23)CC1. The van der Waals surface area contributed by atoms with Crippen LogP contribution in [0.4, 0.5) is 5.69 Å². The maximum Gasteiger partial charge on any atom is 0.339 e. The summed E-state index contributed by atoms with van der Waals surface area (Å²) in [6, 6.07) is 11.0. The molecule has 0 aliphatic carbocycles. The Morgan fingerprint density at radius 2 is 1.86 bits per heavy atom. The number of aromatic nitrogens is 1. The van der Waals surface area contributed by atoms with Crippen molar-refractivity contribution in [3.05, 3.63) is 54.2 Å². The molecule has 0 radical (unpaired) electrons. The molecule has 1 aromatic heterocycles. The molecule has 0 bridgehead atoms. The highest BCUT2D eigenvalue weighted by atomic mass is 32.2. The standard InChI is InChI=1S/C20H23N3O4S/c1-23-10-8-14(9-11-23)19-13-21-20-7-4-16(12-18(19)20)27-28(25,26)17-5-2-15(22-24)3-6-17/h2-7,12-14,21-22,24H,8-11H2,1H3. The second-order valence-electron chi connectivity index (χ2n) is 7.20. The van der Waals surface area contributed by atoms with Crippen LogP contribution in [0.1, 0.15) is 24.3 Å². The fourth-order valence-corrected chi connectivity index (χ4v) is 4.62. The summed E-state index contributed by atoms with van der Waals surface area (Å²) >= 11 is 0. The monoisotopic (exact) mass is 401 g/mol. The summed E-state index contributed by atoms with van der Waals surface area (Å²) in [5.74, 6) is 0.737. The maximum absolute atomic E-state index is 12.6. The van der Waals surface area contributed by atoms with Gasteiger partial charge in [0.05, 0.1) is 5.69 Å². The number of nitrogens with one attached hydrogen (secondary N) is 2. The highest BCUT2D eigenvalue weighted by molar-refractivity contribution is 7.87. The lowest BCUT2D eigenvalue weighted by Crippen LogP contribution is -2.29. The second kappa shape index (κ2) is 7.46. The molecule has 3 aromatic rings. The van der Waals surface area contributed by atoms with Crippen LogP contribution >= 0.6 is 0 Å². The highest BCUT2D eigenvalue weighted by Crippen LogP contribution is 2.35. The molecule has 0 unspecified atom stereocenters. The van der Waals surface area contributed by atoms with Crippen LogP contribution in [-0.4, -0.2) is 43.6 Å². The quantitative estimate of drug-likeness (QED) is 0.447. The Kier molecular flexibility index (Phi) is 5.01. The molecule has 28 heavy (non-hydrogen) atoms. The Balaban J connectivity index is 1.61. The molecule has 4 rings (SSSR count). The average molecular weight is 401 g/mol. The van der Waals surface area contributed by atoms with Crippen molar-refractivity contribution < 1.29 is 17.8 Å². The first-order chi connectivity index (χ1) is 13.5. The Bertz CT molecular complexity index is 1070. The van der Waals surface area contributed by atoms with Gasteiger partial charge in [0.15, 0.2) is 0 Å². The fraction of sp³-hybridized carbons (Fsp3) is 0.300. The van der Waals surface area contributed by atoms with Crippen LogP contribution in [0.5, 0.6) is 5.75 Å². The van der Waals surface area contributed by atoms with E-state index in [1.165, 1.54) is 29.8 Å². The van der Waals surface area contributed by atoms with Crippen molar-refractivity contribution in [3.63, 3.8) is 0 Å². The minimum atomic E-state index is -3.96. The molecule has 2 aromatic carbocycles. The van der Waals surface area contributed by atoms with Crippen LogP contribution in [0.25, 0.3) is 10.9 Å². The molecule has 0 atom stereocenters. The van der Waals surface area contributed by atoms with E-state index < -0.39 is 10.1 Å². The third-order valence-corrected chi connectivity index (χ3v) is 6.58. The van der Waals surface area contributed by atoms with E-state index in [0.29, 0.717) is 11.6 Å². The van der Waals surface area contributed by atoms with Crippen molar-refractivity contribution in [2.75, 3.05) is 25.6 Å². The van der Waals surface area contributed by atoms with Gasteiger partial charge in [-0.25, -0.2) is 0 Å². The summed E-state index contributed by atoms with van der Waals surface area (Å²) in [4.78, 5) is 5.63. The van der Waals surface area contributed by atoms with Crippen molar-refractivity contribution in [1.29, 1.82) is 0 Å². The first-order valence-electron chi connectivity index (χ1n) is 9.20. The summed E-state index contributed by atoms with van der Waals surface area (Å²) in [6.45, 7) is 2.11. The van der Waals surface area contributed by atoms with E-state index in [1.807, 2.05) is 17.7 Å². The highest BCUT2D eigenvalue weighted by Gasteiger charge is 2.22. The van der Waals surface area contributed by atoms with Gasteiger partial charge in [0.25, 0.3) is 0 Å². The van der Waals surface area contributed by atoms with Crippen LogP contribution in [-0.2, 0) is 10.1 Å². The molecule has 148 valence electrons. The molecule has 0 spiro atoms. The molecule has 7 nitrogen and oxygen atoms in total. The number of hydrogen-bond donors (Lipinski definition) is 3. The van der Waals surface area contributed by atoms with Gasteiger partial charge in [-0.3, -0.25) is 10.7 Å². The minimum Gasteiger partial charge on any atom is -0.379 e. The molecular weight excluding hydrogens is 378 g/mol. The molecule has 1 aliphatic rings. The first kappa shape index (κ1) is 18.8. The fourth-order valence-electron chi connectivity index (χ4n) is 3.70. The predicted octanol–water partition coefficient (Wildman–Crippen LogP) is 3.55. The van der Waals surface area contributed by atoms with Gasteiger partial charge >= 0.3 is 10.1 Å². The summed E-state index contributed by atoms with van der Waals surface area (Å²) in [5.41, 5.74) is 4.55. The minimum absolute atomic E-state index is 0.0243. The number of fused-ring (bicyclic) bond motifs is 1. The van der Waals surface area contributed by atoms with Gasteiger partial charge in [-0.2, -0.15) is 8.42 Å². The second-order valence-corrected chi connectivity index (χ2v) is 8.75. The van der Waals surface area contributed by atoms with Gasteiger partial charge < -0.3 is 14.1 Å². The molecule has 3 N–H and O–H groups in total. The lowest BCUT2D eigenvalue weighted by atomic mass is 9.89. The van der Waals surface area contributed by atoms with Crippen LogP contribution in [0.2, 0.25) is 0 Å². The van der Waals surface area contributed by atoms with E-state index in [2.05, 4.69) is 16.9 Å². The summed E-state index contributed by atoms with van der Waals surface area (Å²) < 4.78 is 30.5. The third kappa shape index (κ3) is 3.71. The molecule has 1 aliphatic heterocycles. The van der Waals surface area contributed by atoms with E-state index in [0.717, 1.165) is 36.8 Å². The topological polar surface area (TPSA) is 94.7 Å². The maximum atomic E-state index is 12.6. The zero-order chi connectivity index (χ0) is 19.7. The van der Waals surface area contributed by atoms with E-state index in [1.54, 1.807) is 12.1 Å². The van der Waals surface area contributed by atoms with E-state index >= 15 is 0 Å². The smallest absolute Gasteiger partial charge is 0.339 e. The number of aromatic amines is 1. The van der Waals surface area contributed by atoms with E-state index in [9.17, 15) is 8.42 Å². The largest absolute Gasteiger partial charge is 0.379 e. The number of H-pyrrole nitrogens is 1. The Morgan fingerprint density at radius 3 is 2.54 bits per heavy atom. The summed E-state index contributed by atoms with van der Waals surface area (Å²) in [6.07, 6.45) is 4.19. The van der Waals surface area contributed by atoms with Gasteiger partial charge in [-0.1, -0.05) is 0 Å². The van der Waals surface area contributed by atoms with Crippen molar-refractivity contribution in [2.24, 2.45) is 0 Å². The summed E-state index contributed by atoms with van der Waals surface area (Å²) in [5, 5.41) is 9.86. The molecule has 0 saturated carbocycles. The number of nitrogens with zero attached hydrogens (tertiary/aromatic N) is 1. The summed E-state index contributed by atoms with van der Waals surface area (Å²) in [7, 11) is -1.83. The normalized spacial score (nSPS) is 16.4. The number of anilines is 1. The average Bonchev–Trinajstić information content (AvgIpc) is 3.11. The molecule has 2 heterocycles. The van der Waals surface area contributed by atoms with Crippen LogP contribution < -0.4 is 9.66 Å². The Hall–Kier alpha value is -2.55. The van der Waals surface area contributed by atoms with Crippen LogP contribution in [0.3, 0.4) is 0 Å². The molecule has 8 heteroatoms. The lowest BCUT2D eigenvalue weighted by Gasteiger charge is -2.28.